The molecule has 1 aliphatic rings. The van der Waals surface area contributed by atoms with Crippen molar-refractivity contribution in [2.45, 2.75) is 10.3 Å². The van der Waals surface area contributed by atoms with E-state index in [0.29, 0.717) is 11.3 Å². The lowest BCUT2D eigenvalue weighted by atomic mass is 10.3. The average Bonchev–Trinajstić information content (AvgIpc) is 2.82. The van der Waals surface area contributed by atoms with Gasteiger partial charge in [-0.25, -0.2) is 8.42 Å². The van der Waals surface area contributed by atoms with E-state index in [1.807, 2.05) is 0 Å². The summed E-state index contributed by atoms with van der Waals surface area (Å²) in [5, 5.41) is 19.7. The van der Waals surface area contributed by atoms with Crippen LogP contribution < -0.4 is 0 Å². The zero-order valence-electron chi connectivity index (χ0n) is 10.1. The van der Waals surface area contributed by atoms with Crippen LogP contribution in [-0.4, -0.2) is 55.2 Å². The topological polar surface area (TPSA) is 110 Å². The number of nitro groups is 1. The lowest BCUT2D eigenvalue weighted by Crippen LogP contribution is -2.46. The van der Waals surface area contributed by atoms with Crippen molar-refractivity contribution in [1.29, 1.82) is 0 Å². The number of hydrogen-bond donors (Lipinski definition) is 1. The van der Waals surface area contributed by atoms with Crippen LogP contribution in [0.15, 0.2) is 10.3 Å². The van der Waals surface area contributed by atoms with Crippen molar-refractivity contribution in [3.63, 3.8) is 0 Å². The molecule has 2 heterocycles. The molecule has 8 nitrogen and oxygen atoms in total. The van der Waals surface area contributed by atoms with Crippen LogP contribution >= 0.6 is 22.9 Å². The summed E-state index contributed by atoms with van der Waals surface area (Å²) in [5.41, 5.74) is -0.429. The van der Waals surface area contributed by atoms with Gasteiger partial charge in [-0.15, -0.1) is 11.3 Å². The molecule has 1 atom stereocenters. The van der Waals surface area contributed by atoms with Crippen molar-refractivity contribution in [2.24, 2.45) is 0 Å². The first-order chi connectivity index (χ1) is 9.36. The molecule has 0 bridgehead atoms. The summed E-state index contributed by atoms with van der Waals surface area (Å²) in [6.45, 7) is -0.00663. The van der Waals surface area contributed by atoms with Crippen LogP contribution in [0.4, 0.5) is 5.69 Å². The normalized spacial score (nSPS) is 21.0. The van der Waals surface area contributed by atoms with Crippen LogP contribution in [0.3, 0.4) is 0 Å². The number of ether oxygens (including phenoxy) is 1. The van der Waals surface area contributed by atoms with Crippen LogP contribution in [-0.2, 0) is 14.8 Å². The number of sulfonamides is 1. The largest absolute Gasteiger partial charge is 0.394 e. The SMILES string of the molecule is O=[N+]([O-])c1cc(S(=O)(=O)N2CCOC(CO)C2)sc1Cl. The number of morpholine rings is 1. The third-order valence-electron chi connectivity index (χ3n) is 2.74. The van der Waals surface area contributed by atoms with Crippen molar-refractivity contribution in [2.75, 3.05) is 26.3 Å². The molecule has 1 saturated heterocycles. The van der Waals surface area contributed by atoms with Gasteiger partial charge in [-0.3, -0.25) is 10.1 Å². The molecule has 1 aromatic rings. The molecule has 1 fully saturated rings. The number of hydrogen-bond acceptors (Lipinski definition) is 7. The summed E-state index contributed by atoms with van der Waals surface area (Å²) in [6, 6.07) is 0.950. The third kappa shape index (κ3) is 2.95. The first-order valence-corrected chi connectivity index (χ1v) is 8.16. The fourth-order valence-corrected chi connectivity index (χ4v) is 5.01. The Labute approximate surface area is 123 Å². The number of halogens is 1. The molecule has 0 aliphatic carbocycles. The molecule has 1 aromatic heterocycles. The Balaban J connectivity index is 2.30. The molecule has 112 valence electrons. The van der Waals surface area contributed by atoms with Crippen molar-refractivity contribution < 1.29 is 23.2 Å². The Morgan fingerprint density at radius 3 is 2.90 bits per heavy atom. The average molecular weight is 343 g/mol. The Kier molecular flexibility index (Phi) is 4.62. The molecule has 1 unspecified atom stereocenters. The van der Waals surface area contributed by atoms with Gasteiger partial charge in [-0.1, -0.05) is 11.6 Å². The number of aliphatic hydroxyl groups is 1. The number of nitrogens with zero attached hydrogens (tertiary/aromatic N) is 2. The summed E-state index contributed by atoms with van der Waals surface area (Å²) in [6.07, 6.45) is -0.594. The molecule has 0 saturated carbocycles. The van der Waals surface area contributed by atoms with Gasteiger partial charge in [0.2, 0.25) is 0 Å². The minimum absolute atomic E-state index is 0.00213. The zero-order valence-corrected chi connectivity index (χ0v) is 12.4. The van der Waals surface area contributed by atoms with E-state index in [-0.39, 0.29) is 34.8 Å². The number of thiophene rings is 1. The summed E-state index contributed by atoms with van der Waals surface area (Å²) in [7, 11) is -3.87. The maximum atomic E-state index is 12.4. The summed E-state index contributed by atoms with van der Waals surface area (Å²) < 4.78 is 30.6. The fraction of sp³-hybridized carbons (Fsp3) is 0.556. The highest BCUT2D eigenvalue weighted by Gasteiger charge is 2.34. The van der Waals surface area contributed by atoms with Crippen LogP contribution in [0, 0.1) is 10.1 Å². The molecule has 0 amide bonds. The number of aliphatic hydroxyl groups excluding tert-OH is 1. The van der Waals surface area contributed by atoms with Crippen LogP contribution in [0.1, 0.15) is 0 Å². The van der Waals surface area contributed by atoms with Crippen molar-refractivity contribution in [3.8, 4) is 0 Å². The minimum atomic E-state index is -3.87. The van der Waals surface area contributed by atoms with E-state index in [2.05, 4.69) is 0 Å². The Morgan fingerprint density at radius 2 is 2.35 bits per heavy atom. The van der Waals surface area contributed by atoms with Crippen LogP contribution in [0.25, 0.3) is 0 Å². The summed E-state index contributed by atoms with van der Waals surface area (Å²) in [5.74, 6) is 0. The van der Waals surface area contributed by atoms with E-state index in [4.69, 9.17) is 21.4 Å². The van der Waals surface area contributed by atoms with E-state index < -0.39 is 26.7 Å². The van der Waals surface area contributed by atoms with Gasteiger partial charge in [0.1, 0.15) is 4.21 Å². The second kappa shape index (κ2) is 5.92. The van der Waals surface area contributed by atoms with Crippen molar-refractivity contribution in [1.82, 2.24) is 4.31 Å². The molecular formula is C9H11ClN2O6S2. The van der Waals surface area contributed by atoms with Gasteiger partial charge < -0.3 is 9.84 Å². The Bertz CT molecular complexity index is 616. The van der Waals surface area contributed by atoms with Gasteiger partial charge in [-0.2, -0.15) is 4.31 Å². The third-order valence-corrected chi connectivity index (χ3v) is 6.39. The first kappa shape index (κ1) is 15.6. The highest BCUT2D eigenvalue weighted by Crippen LogP contribution is 2.37. The predicted molar refractivity (Wildman–Crippen MR) is 71.6 cm³/mol. The lowest BCUT2D eigenvalue weighted by molar-refractivity contribution is -0.384. The molecule has 1 N–H and O–H groups in total. The number of rotatable bonds is 4. The van der Waals surface area contributed by atoms with Gasteiger partial charge in [-0.05, 0) is 0 Å². The van der Waals surface area contributed by atoms with Gasteiger partial charge in [0.15, 0.2) is 4.34 Å². The van der Waals surface area contributed by atoms with E-state index >= 15 is 0 Å². The molecule has 0 radical (unpaired) electrons. The molecule has 0 aromatic carbocycles. The quantitative estimate of drug-likeness (QED) is 0.636. The summed E-state index contributed by atoms with van der Waals surface area (Å²) >= 11 is 6.31. The van der Waals surface area contributed by atoms with Gasteiger partial charge >= 0.3 is 0 Å². The van der Waals surface area contributed by atoms with E-state index in [1.54, 1.807) is 0 Å². The smallest absolute Gasteiger partial charge is 0.300 e. The standard InChI is InChI=1S/C9H11ClN2O6S2/c10-9-7(12(14)15)3-8(19-9)20(16,17)11-1-2-18-6(4-11)5-13/h3,6,13H,1-2,4-5H2. The summed E-state index contributed by atoms with van der Waals surface area (Å²) in [4.78, 5) is 9.97. The van der Waals surface area contributed by atoms with E-state index in [1.165, 1.54) is 0 Å². The van der Waals surface area contributed by atoms with Crippen LogP contribution in [0.5, 0.6) is 0 Å². The lowest BCUT2D eigenvalue weighted by Gasteiger charge is -2.30. The molecule has 20 heavy (non-hydrogen) atoms. The molecule has 2 rings (SSSR count). The van der Waals surface area contributed by atoms with Crippen molar-refractivity contribution >= 4 is 38.6 Å². The second-order valence-corrected chi connectivity index (χ2v) is 7.84. The molecule has 11 heteroatoms. The molecular weight excluding hydrogens is 332 g/mol. The Morgan fingerprint density at radius 1 is 1.65 bits per heavy atom. The highest BCUT2D eigenvalue weighted by atomic mass is 35.5. The first-order valence-electron chi connectivity index (χ1n) is 5.52. The van der Waals surface area contributed by atoms with Crippen LogP contribution in [0.2, 0.25) is 4.34 Å². The monoisotopic (exact) mass is 342 g/mol. The predicted octanol–water partition coefficient (Wildman–Crippen LogP) is 0.691. The maximum absolute atomic E-state index is 12.4. The van der Waals surface area contributed by atoms with Crippen molar-refractivity contribution in [3.05, 3.63) is 20.5 Å². The second-order valence-electron chi connectivity index (χ2n) is 4.02. The Hall–Kier alpha value is -0.780. The van der Waals surface area contributed by atoms with Gasteiger partial charge in [0, 0.05) is 19.2 Å². The van der Waals surface area contributed by atoms with E-state index in [9.17, 15) is 18.5 Å². The zero-order chi connectivity index (χ0) is 14.9. The van der Waals surface area contributed by atoms with Gasteiger partial charge in [0.25, 0.3) is 15.7 Å². The van der Waals surface area contributed by atoms with E-state index in [0.717, 1.165) is 10.4 Å². The fourth-order valence-electron chi connectivity index (χ4n) is 1.74. The molecule has 1 aliphatic heterocycles. The highest BCUT2D eigenvalue weighted by molar-refractivity contribution is 7.91. The molecule has 0 spiro atoms. The minimum Gasteiger partial charge on any atom is -0.394 e. The van der Waals surface area contributed by atoms with Gasteiger partial charge in [0.05, 0.1) is 24.2 Å². The maximum Gasteiger partial charge on any atom is 0.300 e.